The number of nitrogens with one attached hydrogen (secondary N) is 1. The van der Waals surface area contributed by atoms with Crippen LogP contribution < -0.4 is 10.2 Å². The molecule has 7 heteroatoms. The molecule has 0 radical (unpaired) electrons. The molecule has 0 spiro atoms. The summed E-state index contributed by atoms with van der Waals surface area (Å²) < 4.78 is 15.5. The highest BCUT2D eigenvalue weighted by atomic mass is 19.1. The monoisotopic (exact) mass is 365 g/mol. The number of benzene rings is 2. The van der Waals surface area contributed by atoms with E-state index in [9.17, 15) is 9.18 Å². The predicted octanol–water partition coefficient (Wildman–Crippen LogP) is 2.66. The van der Waals surface area contributed by atoms with Crippen molar-refractivity contribution in [2.24, 2.45) is 5.92 Å². The fourth-order valence-corrected chi connectivity index (χ4v) is 3.33. The molecule has 1 aliphatic heterocycles. The fourth-order valence-electron chi connectivity index (χ4n) is 3.33. The Bertz CT molecular complexity index is 927. The van der Waals surface area contributed by atoms with Gasteiger partial charge in [0.1, 0.15) is 5.82 Å². The molecule has 1 fully saturated rings. The number of amides is 1. The largest absolute Gasteiger partial charge is 0.369 e. The van der Waals surface area contributed by atoms with Gasteiger partial charge in [0.25, 0.3) is 5.91 Å². The Labute approximate surface area is 156 Å². The maximum absolute atomic E-state index is 13.9. The molecule has 138 valence electrons. The third-order valence-corrected chi connectivity index (χ3v) is 4.78. The molecule has 0 aliphatic carbocycles. The van der Waals surface area contributed by atoms with E-state index in [2.05, 4.69) is 15.6 Å². The maximum Gasteiger partial charge on any atom is 0.273 e. The average molecular weight is 365 g/mol. The molecule has 1 aliphatic rings. The van der Waals surface area contributed by atoms with Crippen LogP contribution in [0.25, 0.3) is 5.69 Å². The summed E-state index contributed by atoms with van der Waals surface area (Å²) in [7, 11) is 0. The normalized spacial score (nSPS) is 16.5. The van der Waals surface area contributed by atoms with Gasteiger partial charge in [-0.3, -0.25) is 4.79 Å². The van der Waals surface area contributed by atoms with E-state index in [1.165, 1.54) is 6.07 Å². The van der Waals surface area contributed by atoms with Crippen LogP contribution in [0.4, 0.5) is 10.1 Å². The van der Waals surface area contributed by atoms with E-state index in [1.807, 2.05) is 41.3 Å². The van der Waals surface area contributed by atoms with Gasteiger partial charge >= 0.3 is 0 Å². The lowest BCUT2D eigenvalue weighted by Gasteiger charge is -2.19. The van der Waals surface area contributed by atoms with Crippen molar-refractivity contribution in [1.29, 1.82) is 0 Å². The number of carbonyl (C=O) groups excluding carboxylic acids is 1. The minimum atomic E-state index is -0.249. The molecule has 3 aromatic rings. The van der Waals surface area contributed by atoms with Crippen molar-refractivity contribution < 1.29 is 9.18 Å². The van der Waals surface area contributed by atoms with Crippen molar-refractivity contribution in [1.82, 2.24) is 20.3 Å². The van der Waals surface area contributed by atoms with Gasteiger partial charge in [-0.15, -0.1) is 5.10 Å². The van der Waals surface area contributed by atoms with Crippen LogP contribution in [0.5, 0.6) is 0 Å². The minimum absolute atomic E-state index is 0.209. The van der Waals surface area contributed by atoms with E-state index in [0.717, 1.165) is 25.2 Å². The van der Waals surface area contributed by atoms with Gasteiger partial charge in [-0.2, -0.15) is 0 Å². The lowest BCUT2D eigenvalue weighted by molar-refractivity contribution is 0.0943. The third kappa shape index (κ3) is 3.81. The van der Waals surface area contributed by atoms with Crippen molar-refractivity contribution in [2.75, 3.05) is 24.5 Å². The summed E-state index contributed by atoms with van der Waals surface area (Å²) in [5.41, 5.74) is 1.75. The van der Waals surface area contributed by atoms with Crippen LogP contribution in [0.15, 0.2) is 60.8 Å². The van der Waals surface area contributed by atoms with Crippen molar-refractivity contribution in [2.45, 2.75) is 6.42 Å². The molecule has 0 saturated carbocycles. The van der Waals surface area contributed by atoms with Gasteiger partial charge in [0.2, 0.25) is 0 Å². The number of hydrogen-bond acceptors (Lipinski definition) is 4. The van der Waals surface area contributed by atoms with Crippen LogP contribution in [-0.4, -0.2) is 40.5 Å². The molecule has 1 amide bonds. The van der Waals surface area contributed by atoms with Gasteiger partial charge in [0.15, 0.2) is 5.69 Å². The van der Waals surface area contributed by atoms with E-state index in [4.69, 9.17) is 0 Å². The zero-order valence-electron chi connectivity index (χ0n) is 14.8. The standard InChI is InChI=1S/C20H20FN5O/c21-17-8-4-5-9-19(17)25-11-10-15(13-25)12-22-20(27)18-14-26(24-23-18)16-6-2-1-3-7-16/h1-9,14-15H,10-13H2,(H,22,27)/t15-/m1/s1. The molecular weight excluding hydrogens is 345 g/mol. The Kier molecular flexibility index (Phi) is 4.82. The fraction of sp³-hybridized carbons (Fsp3) is 0.250. The van der Waals surface area contributed by atoms with Crippen LogP contribution >= 0.6 is 0 Å². The third-order valence-electron chi connectivity index (χ3n) is 4.78. The number of hydrogen-bond donors (Lipinski definition) is 1. The number of nitrogens with zero attached hydrogens (tertiary/aromatic N) is 4. The molecule has 1 aromatic heterocycles. The summed E-state index contributed by atoms with van der Waals surface area (Å²) in [5.74, 6) is -0.182. The number of halogens is 1. The first-order valence-electron chi connectivity index (χ1n) is 8.96. The van der Waals surface area contributed by atoms with Gasteiger partial charge in [0.05, 0.1) is 17.6 Å². The van der Waals surface area contributed by atoms with Crippen LogP contribution in [0.2, 0.25) is 0 Å². The molecule has 2 heterocycles. The van der Waals surface area contributed by atoms with E-state index in [0.29, 0.717) is 12.2 Å². The van der Waals surface area contributed by atoms with Crippen molar-refractivity contribution in [3.8, 4) is 5.69 Å². The summed E-state index contributed by atoms with van der Waals surface area (Å²) in [6, 6.07) is 16.3. The topological polar surface area (TPSA) is 63.1 Å². The highest BCUT2D eigenvalue weighted by Gasteiger charge is 2.25. The number of aromatic nitrogens is 3. The second-order valence-electron chi connectivity index (χ2n) is 6.65. The quantitative estimate of drug-likeness (QED) is 0.755. The summed E-state index contributed by atoms with van der Waals surface area (Å²) in [6.07, 6.45) is 2.52. The summed E-state index contributed by atoms with van der Waals surface area (Å²) in [5, 5.41) is 10.9. The van der Waals surface area contributed by atoms with Gasteiger partial charge < -0.3 is 10.2 Å². The molecule has 0 unspecified atom stereocenters. The van der Waals surface area contributed by atoms with Crippen LogP contribution in [-0.2, 0) is 0 Å². The maximum atomic E-state index is 13.9. The number of carbonyl (C=O) groups is 1. The van der Waals surface area contributed by atoms with Crippen LogP contribution in [0.3, 0.4) is 0 Å². The van der Waals surface area contributed by atoms with E-state index in [-0.39, 0.29) is 23.3 Å². The Balaban J connectivity index is 1.33. The molecule has 4 rings (SSSR count). The van der Waals surface area contributed by atoms with Gasteiger partial charge in [-0.25, -0.2) is 9.07 Å². The van der Waals surface area contributed by atoms with Crippen molar-refractivity contribution in [3.05, 3.63) is 72.3 Å². The molecule has 1 atom stereocenters. The zero-order chi connectivity index (χ0) is 18.6. The van der Waals surface area contributed by atoms with E-state index in [1.54, 1.807) is 23.0 Å². The van der Waals surface area contributed by atoms with Gasteiger partial charge in [-0.05, 0) is 36.6 Å². The lowest BCUT2D eigenvalue weighted by Crippen LogP contribution is -2.31. The molecule has 6 nitrogen and oxygen atoms in total. The molecule has 0 bridgehead atoms. The SMILES string of the molecule is O=C(NC[C@H]1CCN(c2ccccc2F)C1)c1cn(-c2ccccc2)nn1. The molecule has 2 aromatic carbocycles. The Morgan fingerprint density at radius 1 is 1.15 bits per heavy atom. The Morgan fingerprint density at radius 2 is 1.93 bits per heavy atom. The molecular formula is C20H20FN5O. The van der Waals surface area contributed by atoms with E-state index < -0.39 is 0 Å². The summed E-state index contributed by atoms with van der Waals surface area (Å²) in [4.78, 5) is 14.4. The van der Waals surface area contributed by atoms with Crippen molar-refractivity contribution in [3.63, 3.8) is 0 Å². The first kappa shape index (κ1) is 17.2. The average Bonchev–Trinajstić information content (AvgIpc) is 3.37. The van der Waals surface area contributed by atoms with Crippen molar-refractivity contribution >= 4 is 11.6 Å². The minimum Gasteiger partial charge on any atom is -0.369 e. The second kappa shape index (κ2) is 7.57. The number of rotatable bonds is 5. The second-order valence-corrected chi connectivity index (χ2v) is 6.65. The number of anilines is 1. The smallest absolute Gasteiger partial charge is 0.273 e. The highest BCUT2D eigenvalue weighted by molar-refractivity contribution is 5.91. The van der Waals surface area contributed by atoms with Crippen LogP contribution in [0.1, 0.15) is 16.9 Å². The summed E-state index contributed by atoms with van der Waals surface area (Å²) in [6.45, 7) is 2.03. The van der Waals surface area contributed by atoms with Crippen LogP contribution in [0, 0.1) is 11.7 Å². The Morgan fingerprint density at radius 3 is 2.74 bits per heavy atom. The van der Waals surface area contributed by atoms with Gasteiger partial charge in [-0.1, -0.05) is 35.5 Å². The Hall–Kier alpha value is -3.22. The first-order valence-corrected chi connectivity index (χ1v) is 8.96. The predicted molar refractivity (Wildman–Crippen MR) is 100 cm³/mol. The number of para-hydroxylation sites is 2. The molecule has 27 heavy (non-hydrogen) atoms. The first-order chi connectivity index (χ1) is 13.2. The molecule has 1 N–H and O–H groups in total. The highest BCUT2D eigenvalue weighted by Crippen LogP contribution is 2.25. The molecule has 1 saturated heterocycles. The lowest BCUT2D eigenvalue weighted by atomic mass is 10.1. The summed E-state index contributed by atoms with van der Waals surface area (Å²) >= 11 is 0. The van der Waals surface area contributed by atoms with Gasteiger partial charge in [0, 0.05) is 19.6 Å². The van der Waals surface area contributed by atoms with E-state index >= 15 is 0 Å². The zero-order valence-corrected chi connectivity index (χ0v) is 14.8.